The first-order valence-electron chi connectivity index (χ1n) is 9.66. The Balaban J connectivity index is 2.12. The molecule has 0 aliphatic heterocycles. The Hall–Kier alpha value is -3.18. The number of hydrogen-bond donors (Lipinski definition) is 1. The van der Waals surface area contributed by atoms with Crippen molar-refractivity contribution >= 4 is 27.6 Å². The van der Waals surface area contributed by atoms with Crippen molar-refractivity contribution < 1.29 is 36.6 Å². The molecule has 32 heavy (non-hydrogen) atoms. The Morgan fingerprint density at radius 2 is 1.72 bits per heavy atom. The van der Waals surface area contributed by atoms with Gasteiger partial charge in [0.2, 0.25) is 10.0 Å². The number of benzene rings is 2. The minimum absolute atomic E-state index is 0.213. The highest BCUT2D eigenvalue weighted by Crippen LogP contribution is 2.29. The summed E-state index contributed by atoms with van der Waals surface area (Å²) in [5.41, 5.74) is -0.277. The zero-order valence-corrected chi connectivity index (χ0v) is 19.0. The number of ether oxygens (including phenoxy) is 3. The minimum atomic E-state index is -3.90. The van der Waals surface area contributed by atoms with E-state index in [-0.39, 0.29) is 18.0 Å². The van der Waals surface area contributed by atoms with Crippen LogP contribution >= 0.6 is 0 Å². The van der Waals surface area contributed by atoms with Gasteiger partial charge in [-0.3, -0.25) is 4.79 Å². The molecule has 0 saturated heterocycles. The van der Waals surface area contributed by atoms with Gasteiger partial charge in [0.15, 0.2) is 6.61 Å². The van der Waals surface area contributed by atoms with Gasteiger partial charge in [-0.05, 0) is 30.3 Å². The van der Waals surface area contributed by atoms with E-state index in [1.54, 1.807) is 32.0 Å². The Labute approximate surface area is 186 Å². The number of sulfonamides is 1. The highest BCUT2D eigenvalue weighted by atomic mass is 32.2. The SMILES string of the molecule is CCN(CC)S(=O)(=O)c1ccc(F)c(C(=O)OCC(=O)Nc2ccc(OC)cc2OC)c1. The lowest BCUT2D eigenvalue weighted by molar-refractivity contribution is -0.119. The second-order valence-corrected chi connectivity index (χ2v) is 8.36. The standard InChI is InChI=1S/C21H25FN2O7S/c1-5-24(6-2)32(27,28)15-8-9-17(22)16(12-15)21(26)31-13-20(25)23-18-10-7-14(29-3)11-19(18)30-4/h7-12H,5-6,13H2,1-4H3,(H,23,25). The van der Waals surface area contributed by atoms with E-state index < -0.39 is 39.9 Å². The number of carbonyl (C=O) groups is 2. The molecule has 0 radical (unpaired) electrons. The lowest BCUT2D eigenvalue weighted by atomic mass is 10.2. The number of esters is 1. The molecular formula is C21H25FN2O7S. The fraction of sp³-hybridized carbons (Fsp3) is 0.333. The molecule has 0 bridgehead atoms. The second-order valence-electron chi connectivity index (χ2n) is 6.42. The van der Waals surface area contributed by atoms with Crippen molar-refractivity contribution in [2.45, 2.75) is 18.7 Å². The summed E-state index contributed by atoms with van der Waals surface area (Å²) in [5, 5.41) is 2.51. The Kier molecular flexibility index (Phi) is 8.56. The molecule has 2 aromatic carbocycles. The van der Waals surface area contributed by atoms with Crippen molar-refractivity contribution in [3.8, 4) is 11.5 Å². The molecule has 11 heteroatoms. The number of methoxy groups -OCH3 is 2. The van der Waals surface area contributed by atoms with Gasteiger partial charge in [0.1, 0.15) is 17.3 Å². The third kappa shape index (κ3) is 5.74. The number of amides is 1. The van der Waals surface area contributed by atoms with E-state index in [9.17, 15) is 22.4 Å². The number of halogens is 1. The van der Waals surface area contributed by atoms with Crippen LogP contribution in [0.1, 0.15) is 24.2 Å². The van der Waals surface area contributed by atoms with E-state index in [1.165, 1.54) is 18.5 Å². The second kappa shape index (κ2) is 10.9. The van der Waals surface area contributed by atoms with Crippen LogP contribution in [0.15, 0.2) is 41.3 Å². The molecule has 0 spiro atoms. The van der Waals surface area contributed by atoms with Gasteiger partial charge in [-0.2, -0.15) is 4.31 Å². The highest BCUT2D eigenvalue weighted by Gasteiger charge is 2.25. The summed E-state index contributed by atoms with van der Waals surface area (Å²) in [7, 11) is -1.01. The Bertz CT molecular complexity index is 1090. The van der Waals surface area contributed by atoms with Gasteiger partial charge in [0, 0.05) is 19.2 Å². The lowest BCUT2D eigenvalue weighted by Gasteiger charge is -2.18. The molecule has 0 saturated carbocycles. The first-order chi connectivity index (χ1) is 15.2. The summed E-state index contributed by atoms with van der Waals surface area (Å²) in [6.45, 7) is 3.03. The van der Waals surface area contributed by atoms with Gasteiger partial charge >= 0.3 is 5.97 Å². The van der Waals surface area contributed by atoms with E-state index in [0.29, 0.717) is 17.2 Å². The summed E-state index contributed by atoms with van der Waals surface area (Å²) < 4.78 is 55.7. The third-order valence-electron chi connectivity index (χ3n) is 4.52. The smallest absolute Gasteiger partial charge is 0.341 e. The zero-order chi connectivity index (χ0) is 23.9. The third-order valence-corrected chi connectivity index (χ3v) is 6.56. The Morgan fingerprint density at radius 3 is 2.31 bits per heavy atom. The average Bonchev–Trinajstić information content (AvgIpc) is 2.78. The van der Waals surface area contributed by atoms with Crippen LogP contribution in [0.3, 0.4) is 0 Å². The van der Waals surface area contributed by atoms with Gasteiger partial charge in [-0.1, -0.05) is 13.8 Å². The number of nitrogens with one attached hydrogen (secondary N) is 1. The molecule has 174 valence electrons. The molecule has 1 amide bonds. The predicted molar refractivity (Wildman–Crippen MR) is 115 cm³/mol. The van der Waals surface area contributed by atoms with Crippen LogP contribution in [-0.4, -0.2) is 58.5 Å². The molecule has 0 heterocycles. The van der Waals surface area contributed by atoms with E-state index in [1.807, 2.05) is 0 Å². The fourth-order valence-corrected chi connectivity index (χ4v) is 4.32. The Morgan fingerprint density at radius 1 is 1.03 bits per heavy atom. The summed E-state index contributed by atoms with van der Waals surface area (Å²) >= 11 is 0. The molecule has 0 atom stereocenters. The molecular weight excluding hydrogens is 443 g/mol. The lowest BCUT2D eigenvalue weighted by Crippen LogP contribution is -2.30. The van der Waals surface area contributed by atoms with Crippen molar-refractivity contribution in [2.24, 2.45) is 0 Å². The van der Waals surface area contributed by atoms with E-state index in [4.69, 9.17) is 14.2 Å². The molecule has 9 nitrogen and oxygen atoms in total. The molecule has 0 aliphatic rings. The summed E-state index contributed by atoms with van der Waals surface area (Å²) in [5.74, 6) is -2.00. The van der Waals surface area contributed by atoms with Crippen LogP contribution < -0.4 is 14.8 Å². The molecule has 1 N–H and O–H groups in total. The van der Waals surface area contributed by atoms with Crippen molar-refractivity contribution in [3.63, 3.8) is 0 Å². The predicted octanol–water partition coefficient (Wildman–Crippen LogP) is 2.67. The van der Waals surface area contributed by atoms with Crippen LogP contribution in [0.2, 0.25) is 0 Å². The summed E-state index contributed by atoms with van der Waals surface area (Å²) in [4.78, 5) is 24.3. The van der Waals surface area contributed by atoms with E-state index >= 15 is 0 Å². The van der Waals surface area contributed by atoms with Crippen LogP contribution in [0.25, 0.3) is 0 Å². The maximum Gasteiger partial charge on any atom is 0.341 e. The van der Waals surface area contributed by atoms with Gasteiger partial charge in [0.25, 0.3) is 5.91 Å². The van der Waals surface area contributed by atoms with E-state index in [2.05, 4.69) is 5.32 Å². The molecule has 0 fully saturated rings. The quantitative estimate of drug-likeness (QED) is 0.534. The fourth-order valence-electron chi connectivity index (χ4n) is 2.83. The van der Waals surface area contributed by atoms with Crippen molar-refractivity contribution in [2.75, 3.05) is 39.2 Å². The van der Waals surface area contributed by atoms with Crippen molar-refractivity contribution in [3.05, 3.63) is 47.8 Å². The molecule has 0 aliphatic carbocycles. The molecule has 2 rings (SSSR count). The van der Waals surface area contributed by atoms with E-state index in [0.717, 1.165) is 18.2 Å². The normalized spacial score (nSPS) is 11.2. The number of nitrogens with zero attached hydrogens (tertiary/aromatic N) is 1. The number of anilines is 1. The number of carbonyl (C=O) groups excluding carboxylic acids is 2. The molecule has 0 aromatic heterocycles. The van der Waals surface area contributed by atoms with Crippen LogP contribution in [0.5, 0.6) is 11.5 Å². The van der Waals surface area contributed by atoms with Gasteiger partial charge in [-0.15, -0.1) is 0 Å². The van der Waals surface area contributed by atoms with Crippen LogP contribution in [-0.2, 0) is 19.6 Å². The van der Waals surface area contributed by atoms with Crippen molar-refractivity contribution in [1.82, 2.24) is 4.31 Å². The van der Waals surface area contributed by atoms with Crippen LogP contribution in [0, 0.1) is 5.82 Å². The first kappa shape index (κ1) is 25.1. The zero-order valence-electron chi connectivity index (χ0n) is 18.2. The first-order valence-corrected chi connectivity index (χ1v) is 11.1. The van der Waals surface area contributed by atoms with Gasteiger partial charge < -0.3 is 19.5 Å². The van der Waals surface area contributed by atoms with Crippen LogP contribution in [0.4, 0.5) is 10.1 Å². The number of rotatable bonds is 10. The van der Waals surface area contributed by atoms with Crippen molar-refractivity contribution in [1.29, 1.82) is 0 Å². The molecule has 2 aromatic rings. The summed E-state index contributed by atoms with van der Waals surface area (Å²) in [6, 6.07) is 7.53. The molecule has 0 unspecified atom stereocenters. The largest absolute Gasteiger partial charge is 0.497 e. The average molecular weight is 469 g/mol. The maximum atomic E-state index is 14.2. The number of hydrogen-bond acceptors (Lipinski definition) is 7. The van der Waals surface area contributed by atoms with Gasteiger partial charge in [-0.25, -0.2) is 17.6 Å². The maximum absolute atomic E-state index is 14.2. The topological polar surface area (TPSA) is 111 Å². The van der Waals surface area contributed by atoms with Gasteiger partial charge in [0.05, 0.1) is 30.4 Å². The minimum Gasteiger partial charge on any atom is -0.497 e. The monoisotopic (exact) mass is 468 g/mol. The highest BCUT2D eigenvalue weighted by molar-refractivity contribution is 7.89. The summed E-state index contributed by atoms with van der Waals surface area (Å²) in [6.07, 6.45) is 0.